The Kier molecular flexibility index (Phi) is 4.39. The Hall–Kier alpha value is -2.60. The van der Waals surface area contributed by atoms with E-state index in [0.717, 1.165) is 5.70 Å². The summed E-state index contributed by atoms with van der Waals surface area (Å²) >= 11 is 0. The van der Waals surface area contributed by atoms with Crippen LogP contribution in [0, 0.1) is 0 Å². The molecule has 0 atom stereocenters. The number of rotatable bonds is 3. The number of likely N-dealkylation sites (N-methyl/N-ethyl adjacent to an activating group) is 2. The molecule has 6 heteroatoms. The summed E-state index contributed by atoms with van der Waals surface area (Å²) in [5, 5.41) is 5.43. The molecule has 3 rings (SSSR count). The maximum absolute atomic E-state index is 12.3. The molecular weight excluding hydrogens is 316 g/mol. The summed E-state index contributed by atoms with van der Waals surface area (Å²) in [7, 11) is 3.66. The first-order valence-electron chi connectivity index (χ1n) is 8.33. The lowest BCUT2D eigenvalue weighted by atomic mass is 9.83. The van der Waals surface area contributed by atoms with Gasteiger partial charge in [0, 0.05) is 37.4 Å². The topological polar surface area (TPSA) is 71.2 Å². The first-order valence-corrected chi connectivity index (χ1v) is 8.33. The number of hydrazone groups is 1. The second-order valence-corrected chi connectivity index (χ2v) is 6.70. The number of allylic oxidation sites excluding steroid dienone is 3. The van der Waals surface area contributed by atoms with Crippen molar-refractivity contribution in [3.8, 4) is 0 Å². The number of hydrogen-bond acceptors (Lipinski definition) is 5. The summed E-state index contributed by atoms with van der Waals surface area (Å²) in [6.07, 6.45) is 3.77. The monoisotopic (exact) mass is 340 g/mol. The predicted molar refractivity (Wildman–Crippen MR) is 99.2 cm³/mol. The number of benzene rings is 1. The van der Waals surface area contributed by atoms with E-state index in [4.69, 9.17) is 10.5 Å². The van der Waals surface area contributed by atoms with Crippen molar-refractivity contribution in [2.24, 2.45) is 10.8 Å². The number of ether oxygens (including phenoxy) is 1. The first kappa shape index (κ1) is 17.2. The summed E-state index contributed by atoms with van der Waals surface area (Å²) in [4.78, 5) is 14.5. The summed E-state index contributed by atoms with van der Waals surface area (Å²) in [5.41, 5.74) is 9.34. The number of anilines is 1. The molecule has 0 bridgehead atoms. The fraction of sp³-hybridized carbons (Fsp3) is 0.368. The second-order valence-electron chi connectivity index (χ2n) is 6.70. The van der Waals surface area contributed by atoms with E-state index in [1.165, 1.54) is 16.3 Å². The quantitative estimate of drug-likeness (QED) is 0.854. The molecule has 0 fully saturated rings. The smallest absolute Gasteiger partial charge is 0.279 e. The van der Waals surface area contributed by atoms with E-state index < -0.39 is 0 Å². The average molecular weight is 340 g/mol. The maximum Gasteiger partial charge on any atom is 0.279 e. The molecule has 0 aliphatic carbocycles. The molecule has 0 saturated heterocycles. The minimum atomic E-state index is -0.181. The predicted octanol–water partition coefficient (Wildman–Crippen LogP) is 1.99. The molecule has 2 heterocycles. The number of nitrogens with two attached hydrogens (primary N) is 1. The van der Waals surface area contributed by atoms with Crippen molar-refractivity contribution >= 4 is 17.5 Å². The number of amides is 1. The van der Waals surface area contributed by atoms with Crippen molar-refractivity contribution in [1.29, 1.82) is 0 Å². The zero-order valence-corrected chi connectivity index (χ0v) is 15.1. The van der Waals surface area contributed by atoms with Gasteiger partial charge in [0.25, 0.3) is 5.91 Å². The molecule has 2 aliphatic heterocycles. The number of carbonyl (C=O) groups excluding carboxylic acids is 1. The Morgan fingerprint density at radius 3 is 2.64 bits per heavy atom. The van der Waals surface area contributed by atoms with Gasteiger partial charge in [0.05, 0.1) is 0 Å². The largest absolute Gasteiger partial charge is 0.475 e. The molecule has 2 N–H and O–H groups in total. The highest BCUT2D eigenvalue weighted by Crippen LogP contribution is 2.46. The van der Waals surface area contributed by atoms with Gasteiger partial charge in [0.1, 0.15) is 12.2 Å². The first-order chi connectivity index (χ1) is 11.9. The minimum Gasteiger partial charge on any atom is -0.475 e. The highest BCUT2D eigenvalue weighted by atomic mass is 16.5. The average Bonchev–Trinajstić information content (AvgIpc) is 2.97. The van der Waals surface area contributed by atoms with Crippen LogP contribution in [0.5, 0.6) is 0 Å². The van der Waals surface area contributed by atoms with Crippen LogP contribution in [0.25, 0.3) is 0 Å². The van der Waals surface area contributed by atoms with Crippen LogP contribution in [0.2, 0.25) is 0 Å². The standard InChI is InChI=1S/C19H24N4O2/c1-19(2)14-7-5-6-8-15(14)22(3)16(19)10-9-13-17(25-12-11-20)21-23(4)18(13)24/h5-10H,11-12,20H2,1-4H3/b13-9-,16-10-. The lowest BCUT2D eigenvalue weighted by Gasteiger charge is -2.23. The van der Waals surface area contributed by atoms with Gasteiger partial charge >= 0.3 is 0 Å². The van der Waals surface area contributed by atoms with E-state index >= 15 is 0 Å². The Bertz CT molecular complexity index is 792. The van der Waals surface area contributed by atoms with E-state index in [2.05, 4.69) is 42.0 Å². The summed E-state index contributed by atoms with van der Waals surface area (Å²) in [5.74, 6) is 0.144. The number of nitrogens with zero attached hydrogens (tertiary/aromatic N) is 3. The zero-order chi connectivity index (χ0) is 18.2. The van der Waals surface area contributed by atoms with Crippen LogP contribution < -0.4 is 10.6 Å². The lowest BCUT2D eigenvalue weighted by molar-refractivity contribution is -0.124. The van der Waals surface area contributed by atoms with Crippen LogP contribution in [-0.2, 0) is 14.9 Å². The third-order valence-electron chi connectivity index (χ3n) is 4.70. The van der Waals surface area contributed by atoms with Gasteiger partial charge in [-0.2, -0.15) is 0 Å². The van der Waals surface area contributed by atoms with E-state index in [9.17, 15) is 4.79 Å². The third kappa shape index (κ3) is 2.82. The normalized spacial score (nSPS) is 22.0. The Labute approximate surface area is 148 Å². The van der Waals surface area contributed by atoms with Crippen LogP contribution in [-0.4, -0.2) is 44.1 Å². The second kappa shape index (κ2) is 6.37. The highest BCUT2D eigenvalue weighted by molar-refractivity contribution is 6.21. The van der Waals surface area contributed by atoms with Crippen LogP contribution >= 0.6 is 0 Å². The zero-order valence-electron chi connectivity index (χ0n) is 15.1. The van der Waals surface area contributed by atoms with Crippen molar-refractivity contribution in [2.45, 2.75) is 19.3 Å². The van der Waals surface area contributed by atoms with Crippen molar-refractivity contribution < 1.29 is 9.53 Å². The van der Waals surface area contributed by atoms with Crippen LogP contribution in [0.3, 0.4) is 0 Å². The number of carbonyl (C=O) groups is 1. The van der Waals surface area contributed by atoms with Crippen LogP contribution in [0.15, 0.2) is 52.8 Å². The van der Waals surface area contributed by atoms with Crippen molar-refractivity contribution in [2.75, 3.05) is 32.1 Å². The fourth-order valence-corrected chi connectivity index (χ4v) is 3.37. The van der Waals surface area contributed by atoms with Gasteiger partial charge in [-0.15, -0.1) is 5.10 Å². The van der Waals surface area contributed by atoms with Crippen LogP contribution in [0.4, 0.5) is 5.69 Å². The van der Waals surface area contributed by atoms with Crippen molar-refractivity contribution in [1.82, 2.24) is 5.01 Å². The molecule has 0 unspecified atom stereocenters. The molecule has 0 radical (unpaired) electrons. The van der Waals surface area contributed by atoms with Crippen molar-refractivity contribution in [3.05, 3.63) is 53.3 Å². The molecule has 25 heavy (non-hydrogen) atoms. The molecule has 1 aromatic carbocycles. The number of hydrogen-bond donors (Lipinski definition) is 1. The van der Waals surface area contributed by atoms with E-state index in [-0.39, 0.29) is 11.3 Å². The van der Waals surface area contributed by atoms with Gasteiger partial charge in [-0.3, -0.25) is 4.79 Å². The summed E-state index contributed by atoms with van der Waals surface area (Å²) < 4.78 is 5.51. The Morgan fingerprint density at radius 1 is 1.24 bits per heavy atom. The van der Waals surface area contributed by atoms with Gasteiger partial charge < -0.3 is 15.4 Å². The molecular formula is C19H24N4O2. The van der Waals surface area contributed by atoms with E-state index in [1.54, 1.807) is 13.1 Å². The molecule has 2 aliphatic rings. The highest BCUT2D eigenvalue weighted by Gasteiger charge is 2.38. The fourth-order valence-electron chi connectivity index (χ4n) is 3.37. The van der Waals surface area contributed by atoms with Gasteiger partial charge in [0.2, 0.25) is 5.90 Å². The maximum atomic E-state index is 12.3. The van der Waals surface area contributed by atoms with Gasteiger partial charge in [-0.1, -0.05) is 32.0 Å². The number of fused-ring (bicyclic) bond motifs is 1. The molecule has 0 aromatic heterocycles. The molecule has 132 valence electrons. The van der Waals surface area contributed by atoms with E-state index in [0.29, 0.717) is 24.6 Å². The van der Waals surface area contributed by atoms with E-state index in [1.807, 2.05) is 19.2 Å². The lowest BCUT2D eigenvalue weighted by Crippen LogP contribution is -2.23. The third-order valence-corrected chi connectivity index (χ3v) is 4.70. The minimum absolute atomic E-state index is 0.147. The number of para-hydroxylation sites is 1. The molecule has 0 spiro atoms. The summed E-state index contributed by atoms with van der Waals surface area (Å²) in [6, 6.07) is 8.34. The SMILES string of the molecule is CN1N=C(OCCN)/C(=C/C=C2\N(C)c3ccccc3C2(C)C)C1=O. The molecule has 1 amide bonds. The molecule has 1 aromatic rings. The summed E-state index contributed by atoms with van der Waals surface area (Å²) in [6.45, 7) is 5.06. The Morgan fingerprint density at radius 2 is 1.96 bits per heavy atom. The molecule has 6 nitrogen and oxygen atoms in total. The van der Waals surface area contributed by atoms with Crippen LogP contribution in [0.1, 0.15) is 19.4 Å². The van der Waals surface area contributed by atoms with Crippen molar-refractivity contribution in [3.63, 3.8) is 0 Å². The Balaban J connectivity index is 1.97. The van der Waals surface area contributed by atoms with Gasteiger partial charge in [-0.25, -0.2) is 5.01 Å². The van der Waals surface area contributed by atoms with Gasteiger partial charge in [-0.05, 0) is 23.8 Å². The van der Waals surface area contributed by atoms with Gasteiger partial charge in [0.15, 0.2) is 0 Å². The molecule has 0 saturated carbocycles.